The molecule has 0 aromatic heterocycles. The molecule has 4 heteroatoms. The van der Waals surface area contributed by atoms with Gasteiger partial charge < -0.3 is 15.2 Å². The zero-order valence-electron chi connectivity index (χ0n) is 12.3. The smallest absolute Gasteiger partial charge is 0.125 e. The lowest BCUT2D eigenvalue weighted by atomic mass is 9.91. The second-order valence-electron chi connectivity index (χ2n) is 4.87. The summed E-state index contributed by atoms with van der Waals surface area (Å²) >= 11 is 0. The van der Waals surface area contributed by atoms with E-state index in [0.717, 1.165) is 22.6 Å². The standard InChI is InChI=1S/C17H20FNO2/c1-20-16-7-6-13(17(10-16)21-2)8-14(11-19)12-4-3-5-15(18)9-12/h3-7,9-10,14H,8,11,19H2,1-2H3. The van der Waals surface area contributed by atoms with E-state index < -0.39 is 0 Å². The second-order valence-corrected chi connectivity index (χ2v) is 4.87. The van der Waals surface area contributed by atoms with Gasteiger partial charge in [0.05, 0.1) is 14.2 Å². The molecule has 2 N–H and O–H groups in total. The highest BCUT2D eigenvalue weighted by Gasteiger charge is 2.14. The lowest BCUT2D eigenvalue weighted by Gasteiger charge is -2.18. The summed E-state index contributed by atoms with van der Waals surface area (Å²) in [6, 6.07) is 12.3. The maximum Gasteiger partial charge on any atom is 0.125 e. The molecule has 2 rings (SSSR count). The molecular formula is C17H20FNO2. The minimum Gasteiger partial charge on any atom is -0.497 e. The lowest BCUT2D eigenvalue weighted by molar-refractivity contribution is 0.390. The zero-order chi connectivity index (χ0) is 15.2. The number of benzene rings is 2. The third kappa shape index (κ3) is 3.73. The zero-order valence-corrected chi connectivity index (χ0v) is 12.3. The molecule has 2 aromatic rings. The molecule has 0 fully saturated rings. The highest BCUT2D eigenvalue weighted by Crippen LogP contribution is 2.29. The summed E-state index contributed by atoms with van der Waals surface area (Å²) in [5.74, 6) is 1.30. The van der Waals surface area contributed by atoms with E-state index in [1.54, 1.807) is 20.3 Å². The number of nitrogens with two attached hydrogens (primary N) is 1. The summed E-state index contributed by atoms with van der Waals surface area (Å²) in [4.78, 5) is 0. The van der Waals surface area contributed by atoms with Gasteiger partial charge >= 0.3 is 0 Å². The van der Waals surface area contributed by atoms with E-state index in [9.17, 15) is 4.39 Å². The van der Waals surface area contributed by atoms with Crippen LogP contribution < -0.4 is 15.2 Å². The van der Waals surface area contributed by atoms with Gasteiger partial charge in [-0.1, -0.05) is 18.2 Å². The van der Waals surface area contributed by atoms with Crippen LogP contribution in [0.5, 0.6) is 11.5 Å². The number of hydrogen-bond donors (Lipinski definition) is 1. The predicted octanol–water partition coefficient (Wildman–Crippen LogP) is 3.13. The van der Waals surface area contributed by atoms with E-state index >= 15 is 0 Å². The minimum atomic E-state index is -0.243. The van der Waals surface area contributed by atoms with Crippen LogP contribution in [0.25, 0.3) is 0 Å². The van der Waals surface area contributed by atoms with Crippen molar-refractivity contribution in [1.29, 1.82) is 0 Å². The van der Waals surface area contributed by atoms with Crippen molar-refractivity contribution in [2.24, 2.45) is 5.73 Å². The van der Waals surface area contributed by atoms with Crippen LogP contribution in [0.2, 0.25) is 0 Å². The first-order chi connectivity index (χ1) is 10.2. The fourth-order valence-electron chi connectivity index (χ4n) is 2.38. The number of hydrogen-bond acceptors (Lipinski definition) is 3. The summed E-state index contributed by atoms with van der Waals surface area (Å²) in [5, 5.41) is 0. The summed E-state index contributed by atoms with van der Waals surface area (Å²) < 4.78 is 24.0. The van der Waals surface area contributed by atoms with E-state index in [-0.39, 0.29) is 11.7 Å². The minimum absolute atomic E-state index is 0.0444. The van der Waals surface area contributed by atoms with Gasteiger partial charge in [0.2, 0.25) is 0 Å². The molecule has 3 nitrogen and oxygen atoms in total. The lowest BCUT2D eigenvalue weighted by Crippen LogP contribution is -2.15. The molecule has 0 amide bonds. The van der Waals surface area contributed by atoms with Gasteiger partial charge in [0.15, 0.2) is 0 Å². The molecule has 1 atom stereocenters. The molecule has 0 aliphatic heterocycles. The summed E-state index contributed by atoms with van der Waals surface area (Å²) in [5.41, 5.74) is 7.79. The van der Waals surface area contributed by atoms with Crippen molar-refractivity contribution in [3.05, 3.63) is 59.4 Å². The molecule has 0 heterocycles. The first-order valence-electron chi connectivity index (χ1n) is 6.84. The van der Waals surface area contributed by atoms with Gasteiger partial charge in [-0.2, -0.15) is 0 Å². The fraction of sp³-hybridized carbons (Fsp3) is 0.294. The van der Waals surface area contributed by atoms with Crippen LogP contribution in [0.15, 0.2) is 42.5 Å². The van der Waals surface area contributed by atoms with Crippen molar-refractivity contribution in [3.8, 4) is 11.5 Å². The van der Waals surface area contributed by atoms with Crippen LogP contribution in [-0.4, -0.2) is 20.8 Å². The molecule has 21 heavy (non-hydrogen) atoms. The van der Waals surface area contributed by atoms with Gasteiger partial charge in [0.1, 0.15) is 17.3 Å². The normalized spacial score (nSPS) is 12.0. The fourth-order valence-corrected chi connectivity index (χ4v) is 2.38. The maximum absolute atomic E-state index is 13.4. The van der Waals surface area contributed by atoms with Crippen LogP contribution in [0.1, 0.15) is 17.0 Å². The van der Waals surface area contributed by atoms with Gasteiger partial charge in [-0.3, -0.25) is 0 Å². The number of ether oxygens (including phenoxy) is 2. The predicted molar refractivity (Wildman–Crippen MR) is 81.4 cm³/mol. The molecule has 0 radical (unpaired) electrons. The first-order valence-corrected chi connectivity index (χ1v) is 6.84. The topological polar surface area (TPSA) is 44.5 Å². The van der Waals surface area contributed by atoms with Crippen LogP contribution >= 0.6 is 0 Å². The molecule has 1 unspecified atom stereocenters. The van der Waals surface area contributed by atoms with Crippen LogP contribution in [0.4, 0.5) is 4.39 Å². The second kappa shape index (κ2) is 7.09. The molecular weight excluding hydrogens is 269 g/mol. The van der Waals surface area contributed by atoms with Gasteiger partial charge in [-0.15, -0.1) is 0 Å². The SMILES string of the molecule is COc1ccc(CC(CN)c2cccc(F)c2)c(OC)c1. The molecule has 0 aliphatic rings. The Labute approximate surface area is 124 Å². The van der Waals surface area contributed by atoms with E-state index in [4.69, 9.17) is 15.2 Å². The van der Waals surface area contributed by atoms with E-state index in [1.807, 2.05) is 24.3 Å². The molecule has 0 bridgehead atoms. The number of methoxy groups -OCH3 is 2. The average Bonchev–Trinajstić information content (AvgIpc) is 2.52. The van der Waals surface area contributed by atoms with Gasteiger partial charge in [0.25, 0.3) is 0 Å². The highest BCUT2D eigenvalue weighted by atomic mass is 19.1. The Balaban J connectivity index is 2.26. The van der Waals surface area contributed by atoms with Crippen molar-refractivity contribution < 1.29 is 13.9 Å². The van der Waals surface area contributed by atoms with Crippen LogP contribution in [0, 0.1) is 5.82 Å². The van der Waals surface area contributed by atoms with Gasteiger partial charge in [0, 0.05) is 12.0 Å². The molecule has 2 aromatic carbocycles. The van der Waals surface area contributed by atoms with Crippen molar-refractivity contribution >= 4 is 0 Å². The van der Waals surface area contributed by atoms with Crippen LogP contribution in [0.3, 0.4) is 0 Å². The molecule has 0 spiro atoms. The van der Waals surface area contributed by atoms with Crippen molar-refractivity contribution in [1.82, 2.24) is 0 Å². The third-order valence-corrected chi connectivity index (χ3v) is 3.57. The van der Waals surface area contributed by atoms with Gasteiger partial charge in [-0.25, -0.2) is 4.39 Å². The van der Waals surface area contributed by atoms with Crippen molar-refractivity contribution in [2.45, 2.75) is 12.3 Å². The van der Waals surface area contributed by atoms with E-state index in [0.29, 0.717) is 13.0 Å². The Morgan fingerprint density at radius 3 is 2.52 bits per heavy atom. The molecule has 0 saturated carbocycles. The van der Waals surface area contributed by atoms with E-state index in [2.05, 4.69) is 0 Å². The van der Waals surface area contributed by atoms with Crippen LogP contribution in [-0.2, 0) is 6.42 Å². The Morgan fingerprint density at radius 1 is 1.10 bits per heavy atom. The Bertz CT molecular complexity index is 601. The quantitative estimate of drug-likeness (QED) is 0.888. The molecule has 112 valence electrons. The van der Waals surface area contributed by atoms with E-state index in [1.165, 1.54) is 12.1 Å². The summed E-state index contributed by atoms with van der Waals surface area (Å²) in [6.45, 7) is 0.443. The number of rotatable bonds is 6. The Hall–Kier alpha value is -2.07. The molecule has 0 saturated heterocycles. The summed E-state index contributed by atoms with van der Waals surface area (Å²) in [7, 11) is 3.24. The highest BCUT2D eigenvalue weighted by molar-refractivity contribution is 5.42. The monoisotopic (exact) mass is 289 g/mol. The maximum atomic E-state index is 13.4. The first kappa shape index (κ1) is 15.3. The molecule has 0 aliphatic carbocycles. The van der Waals surface area contributed by atoms with Crippen molar-refractivity contribution in [3.63, 3.8) is 0 Å². The Morgan fingerprint density at radius 2 is 1.90 bits per heavy atom. The average molecular weight is 289 g/mol. The van der Waals surface area contributed by atoms with Crippen molar-refractivity contribution in [2.75, 3.05) is 20.8 Å². The third-order valence-electron chi connectivity index (χ3n) is 3.57. The summed E-state index contributed by atoms with van der Waals surface area (Å²) in [6.07, 6.45) is 0.688. The largest absolute Gasteiger partial charge is 0.497 e. The number of halogens is 1. The Kier molecular flexibility index (Phi) is 5.17. The van der Waals surface area contributed by atoms with Gasteiger partial charge in [-0.05, 0) is 42.3 Å².